The highest BCUT2D eigenvalue weighted by Gasteiger charge is 2.29. The highest BCUT2D eigenvalue weighted by Crippen LogP contribution is 2.28. The zero-order valence-corrected chi connectivity index (χ0v) is 8.93. The van der Waals surface area contributed by atoms with Gasteiger partial charge in [0.05, 0.1) is 6.20 Å². The van der Waals surface area contributed by atoms with Crippen LogP contribution in [0.1, 0.15) is 28.9 Å². The van der Waals surface area contributed by atoms with Gasteiger partial charge in [0, 0.05) is 25.1 Å². The third kappa shape index (κ3) is 2.05. The molecular formula is C10H13N3O3. The first kappa shape index (κ1) is 10.7. The minimum absolute atomic E-state index is 0.000178. The maximum Gasteiger partial charge on any atom is 0.354 e. The van der Waals surface area contributed by atoms with E-state index in [1.165, 1.54) is 10.9 Å². The third-order valence-corrected chi connectivity index (χ3v) is 2.62. The average Bonchev–Trinajstić information content (AvgIpc) is 2.99. The fourth-order valence-corrected chi connectivity index (χ4v) is 1.56. The lowest BCUT2D eigenvalue weighted by Crippen LogP contribution is -2.25. The Kier molecular flexibility index (Phi) is 2.64. The Labute approximate surface area is 92.3 Å². The summed E-state index contributed by atoms with van der Waals surface area (Å²) in [5.41, 5.74) is 0.653. The number of aromatic carboxylic acids is 1. The molecule has 1 aromatic heterocycles. The zero-order valence-electron chi connectivity index (χ0n) is 8.93. The van der Waals surface area contributed by atoms with Crippen LogP contribution in [0.15, 0.2) is 6.20 Å². The van der Waals surface area contributed by atoms with Crippen LogP contribution in [0.2, 0.25) is 0 Å². The molecule has 0 unspecified atom stereocenters. The van der Waals surface area contributed by atoms with Crippen molar-refractivity contribution in [2.45, 2.75) is 19.4 Å². The summed E-state index contributed by atoms with van der Waals surface area (Å²) in [5.74, 6) is -0.902. The van der Waals surface area contributed by atoms with Gasteiger partial charge >= 0.3 is 5.97 Å². The molecule has 0 aromatic carbocycles. The van der Waals surface area contributed by atoms with Crippen molar-refractivity contribution >= 4 is 11.9 Å². The van der Waals surface area contributed by atoms with Gasteiger partial charge in [-0.2, -0.15) is 5.10 Å². The molecule has 6 heteroatoms. The van der Waals surface area contributed by atoms with Crippen LogP contribution in [-0.2, 0) is 18.4 Å². The molecule has 1 aromatic rings. The van der Waals surface area contributed by atoms with Crippen LogP contribution >= 0.6 is 0 Å². The molecule has 86 valence electrons. The number of amides is 1. The Morgan fingerprint density at radius 3 is 2.88 bits per heavy atom. The van der Waals surface area contributed by atoms with Crippen LogP contribution in [0.3, 0.4) is 0 Å². The van der Waals surface area contributed by atoms with Crippen molar-refractivity contribution in [3.63, 3.8) is 0 Å². The molecule has 0 bridgehead atoms. The van der Waals surface area contributed by atoms with Crippen LogP contribution < -0.4 is 5.32 Å². The number of nitrogens with one attached hydrogen (secondary N) is 1. The highest BCUT2D eigenvalue weighted by atomic mass is 16.4. The van der Waals surface area contributed by atoms with E-state index >= 15 is 0 Å². The molecule has 2 N–H and O–H groups in total. The predicted octanol–water partition coefficient (Wildman–Crippen LogP) is 0.145. The van der Waals surface area contributed by atoms with E-state index in [4.69, 9.17) is 5.11 Å². The smallest absolute Gasteiger partial charge is 0.354 e. The quantitative estimate of drug-likeness (QED) is 0.760. The Balaban J connectivity index is 2.03. The summed E-state index contributed by atoms with van der Waals surface area (Å²) in [5, 5.41) is 15.5. The summed E-state index contributed by atoms with van der Waals surface area (Å²) in [6.45, 7) is 0.227. The number of aromatic nitrogens is 2. The third-order valence-electron chi connectivity index (χ3n) is 2.62. The van der Waals surface area contributed by atoms with E-state index in [1.807, 2.05) is 0 Å². The first-order chi connectivity index (χ1) is 7.59. The molecule has 0 spiro atoms. The van der Waals surface area contributed by atoms with Crippen LogP contribution in [-0.4, -0.2) is 26.8 Å². The molecule has 0 radical (unpaired) electrons. The lowest BCUT2D eigenvalue weighted by atomic mass is 10.2. The number of carboxylic acid groups (broad SMARTS) is 1. The molecule has 0 atom stereocenters. The van der Waals surface area contributed by atoms with Crippen LogP contribution in [0.4, 0.5) is 0 Å². The second-order valence-corrected chi connectivity index (χ2v) is 3.94. The van der Waals surface area contributed by atoms with Crippen LogP contribution in [0, 0.1) is 5.92 Å². The zero-order chi connectivity index (χ0) is 11.7. The van der Waals surface area contributed by atoms with Gasteiger partial charge in [-0.05, 0) is 12.8 Å². The van der Waals surface area contributed by atoms with E-state index < -0.39 is 5.97 Å². The maximum absolute atomic E-state index is 11.4. The molecule has 0 saturated heterocycles. The van der Waals surface area contributed by atoms with E-state index in [1.54, 1.807) is 7.05 Å². The van der Waals surface area contributed by atoms with E-state index in [0.717, 1.165) is 12.8 Å². The standard InChI is InChI=1S/C10H13N3O3/c1-13-8(10(15)16)7(5-12-13)4-11-9(14)6-2-3-6/h5-6H,2-4H2,1H3,(H,11,14)(H,15,16). The van der Waals surface area contributed by atoms with Crippen LogP contribution in [0.25, 0.3) is 0 Å². The first-order valence-corrected chi connectivity index (χ1v) is 5.11. The number of rotatable bonds is 4. The van der Waals surface area contributed by atoms with Gasteiger partial charge in [-0.25, -0.2) is 4.79 Å². The number of nitrogens with zero attached hydrogens (tertiary/aromatic N) is 2. The Morgan fingerprint density at radius 2 is 2.31 bits per heavy atom. The lowest BCUT2D eigenvalue weighted by Gasteiger charge is -2.03. The fourth-order valence-electron chi connectivity index (χ4n) is 1.56. The van der Waals surface area contributed by atoms with Crippen molar-refractivity contribution in [1.29, 1.82) is 0 Å². The number of carbonyl (C=O) groups excluding carboxylic acids is 1. The monoisotopic (exact) mass is 223 g/mol. The molecule has 16 heavy (non-hydrogen) atoms. The molecule has 1 fully saturated rings. The summed E-state index contributed by atoms with van der Waals surface area (Å²) in [6, 6.07) is 0. The molecule has 0 aliphatic heterocycles. The summed E-state index contributed by atoms with van der Waals surface area (Å²) >= 11 is 0. The summed E-state index contributed by atoms with van der Waals surface area (Å²) < 4.78 is 1.29. The Bertz CT molecular complexity index is 435. The minimum atomic E-state index is -1.03. The van der Waals surface area contributed by atoms with Gasteiger partial charge in [-0.3, -0.25) is 9.48 Å². The minimum Gasteiger partial charge on any atom is -0.477 e. The Hall–Kier alpha value is -1.85. The topological polar surface area (TPSA) is 84.2 Å². The highest BCUT2D eigenvalue weighted by molar-refractivity contribution is 5.87. The van der Waals surface area contributed by atoms with Gasteiger partial charge in [0.25, 0.3) is 0 Å². The molecule has 1 heterocycles. The lowest BCUT2D eigenvalue weighted by molar-refractivity contribution is -0.122. The van der Waals surface area contributed by atoms with Crippen molar-refractivity contribution in [3.8, 4) is 0 Å². The van der Waals surface area contributed by atoms with Gasteiger partial charge in [0.1, 0.15) is 0 Å². The largest absolute Gasteiger partial charge is 0.477 e. The van der Waals surface area contributed by atoms with Crippen molar-refractivity contribution in [3.05, 3.63) is 17.5 Å². The van der Waals surface area contributed by atoms with Gasteiger partial charge in [-0.1, -0.05) is 0 Å². The second-order valence-electron chi connectivity index (χ2n) is 3.94. The molecule has 2 rings (SSSR count). The molecule has 6 nitrogen and oxygen atoms in total. The number of carboxylic acids is 1. The number of aryl methyl sites for hydroxylation is 1. The molecule has 1 saturated carbocycles. The van der Waals surface area contributed by atoms with Crippen LogP contribution in [0.5, 0.6) is 0 Å². The van der Waals surface area contributed by atoms with E-state index in [-0.39, 0.29) is 24.1 Å². The van der Waals surface area contributed by atoms with Gasteiger partial charge < -0.3 is 10.4 Å². The van der Waals surface area contributed by atoms with Crippen molar-refractivity contribution in [1.82, 2.24) is 15.1 Å². The van der Waals surface area contributed by atoms with E-state index in [0.29, 0.717) is 5.56 Å². The molecular weight excluding hydrogens is 210 g/mol. The molecule has 1 aliphatic carbocycles. The predicted molar refractivity (Wildman–Crippen MR) is 54.7 cm³/mol. The van der Waals surface area contributed by atoms with Gasteiger partial charge in [0.2, 0.25) is 5.91 Å². The summed E-state index contributed by atoms with van der Waals surface area (Å²) in [6.07, 6.45) is 3.34. The first-order valence-electron chi connectivity index (χ1n) is 5.11. The number of hydrogen-bond donors (Lipinski definition) is 2. The maximum atomic E-state index is 11.4. The normalized spacial score (nSPS) is 14.8. The number of hydrogen-bond acceptors (Lipinski definition) is 3. The summed E-state index contributed by atoms with van der Waals surface area (Å²) in [4.78, 5) is 22.3. The van der Waals surface area contributed by atoms with Gasteiger partial charge in [0.15, 0.2) is 5.69 Å². The van der Waals surface area contributed by atoms with Crippen molar-refractivity contribution in [2.75, 3.05) is 0 Å². The summed E-state index contributed by atoms with van der Waals surface area (Å²) in [7, 11) is 1.57. The Morgan fingerprint density at radius 1 is 1.62 bits per heavy atom. The number of carbonyl (C=O) groups is 2. The molecule has 1 amide bonds. The van der Waals surface area contributed by atoms with Crippen molar-refractivity contribution < 1.29 is 14.7 Å². The second kappa shape index (κ2) is 3.96. The van der Waals surface area contributed by atoms with Gasteiger partial charge in [-0.15, -0.1) is 0 Å². The fraction of sp³-hybridized carbons (Fsp3) is 0.500. The average molecular weight is 223 g/mol. The SMILES string of the molecule is Cn1ncc(CNC(=O)C2CC2)c1C(=O)O. The van der Waals surface area contributed by atoms with E-state index in [2.05, 4.69) is 10.4 Å². The van der Waals surface area contributed by atoms with E-state index in [9.17, 15) is 9.59 Å². The van der Waals surface area contributed by atoms with Crippen molar-refractivity contribution in [2.24, 2.45) is 13.0 Å². The molecule has 1 aliphatic rings.